The van der Waals surface area contributed by atoms with E-state index in [9.17, 15) is 9.90 Å². The molecule has 4 rings (SSSR count). The first kappa shape index (κ1) is 28.5. The Bertz CT molecular complexity index is 1110. The molecule has 0 aromatic heterocycles. The van der Waals surface area contributed by atoms with Crippen molar-refractivity contribution in [2.24, 2.45) is 11.7 Å². The third-order valence-corrected chi connectivity index (χ3v) is 7.94. The molecule has 2 aromatic carbocycles. The second-order valence-electron chi connectivity index (χ2n) is 10.7. The quantitative estimate of drug-likeness (QED) is 0.450. The van der Waals surface area contributed by atoms with Crippen molar-refractivity contribution in [2.45, 2.75) is 63.2 Å². The molecular weight excluding hydrogens is 487 g/mol. The standard InChI is InChI=1S/C30H41FN2O5/c1-20-15-22(18-24(16-20)37-3)28-25(7-6-8-26(28)31)30(35,11-4-5-13-36-2)27-19-33(12-14-38-27)29(34)21-9-10-23(32)17-21/h6-8,15-16,18,21,23,27,35H,4-5,9-14,17,19,32H2,1-3H3/t21?,23-,27+,30+/m0/s1. The van der Waals surface area contributed by atoms with Crippen molar-refractivity contribution < 1.29 is 28.5 Å². The molecule has 2 fully saturated rings. The normalized spacial score (nSPS) is 23.3. The molecule has 1 saturated heterocycles. The van der Waals surface area contributed by atoms with Gasteiger partial charge in [-0.3, -0.25) is 4.79 Å². The minimum Gasteiger partial charge on any atom is -0.497 e. The van der Waals surface area contributed by atoms with Gasteiger partial charge in [0, 0.05) is 37.8 Å². The van der Waals surface area contributed by atoms with Gasteiger partial charge in [-0.15, -0.1) is 0 Å². The van der Waals surface area contributed by atoms with Crippen LogP contribution in [0.1, 0.15) is 49.7 Å². The predicted molar refractivity (Wildman–Crippen MR) is 144 cm³/mol. The number of ether oxygens (including phenoxy) is 3. The van der Waals surface area contributed by atoms with E-state index < -0.39 is 17.5 Å². The number of hydrogen-bond donors (Lipinski definition) is 2. The summed E-state index contributed by atoms with van der Waals surface area (Å²) in [6.07, 6.45) is 3.30. The van der Waals surface area contributed by atoms with Gasteiger partial charge in [0.15, 0.2) is 0 Å². The highest BCUT2D eigenvalue weighted by Gasteiger charge is 2.45. The summed E-state index contributed by atoms with van der Waals surface area (Å²) in [5.74, 6) is 0.145. The van der Waals surface area contributed by atoms with Gasteiger partial charge in [0.05, 0.1) is 20.3 Å². The molecule has 8 heteroatoms. The number of benzene rings is 2. The SMILES string of the molecule is COCCCC[C@@](O)(c1cccc(F)c1-c1cc(C)cc(OC)c1)[C@H]1CN(C(=O)C2CC[C@H](N)C2)CCO1. The van der Waals surface area contributed by atoms with Gasteiger partial charge in [0.25, 0.3) is 0 Å². The molecule has 0 spiro atoms. The molecule has 1 aliphatic carbocycles. The van der Waals surface area contributed by atoms with Gasteiger partial charge in [-0.2, -0.15) is 0 Å². The van der Waals surface area contributed by atoms with Crippen molar-refractivity contribution >= 4 is 5.91 Å². The van der Waals surface area contributed by atoms with Gasteiger partial charge in [-0.1, -0.05) is 18.2 Å². The lowest BCUT2D eigenvalue weighted by Gasteiger charge is -2.43. The van der Waals surface area contributed by atoms with E-state index >= 15 is 4.39 Å². The fourth-order valence-electron chi connectivity index (χ4n) is 5.94. The average molecular weight is 529 g/mol. The first-order valence-corrected chi connectivity index (χ1v) is 13.6. The maximum absolute atomic E-state index is 15.6. The van der Waals surface area contributed by atoms with E-state index in [-0.39, 0.29) is 24.4 Å². The van der Waals surface area contributed by atoms with Crippen molar-refractivity contribution in [2.75, 3.05) is 40.5 Å². The number of methoxy groups -OCH3 is 2. The maximum Gasteiger partial charge on any atom is 0.225 e. The number of carbonyl (C=O) groups is 1. The molecule has 1 aliphatic heterocycles. The van der Waals surface area contributed by atoms with Crippen LogP contribution in [0.4, 0.5) is 4.39 Å². The summed E-state index contributed by atoms with van der Waals surface area (Å²) in [5.41, 5.74) is 6.84. The summed E-state index contributed by atoms with van der Waals surface area (Å²) in [6, 6.07) is 10.4. The molecule has 1 saturated carbocycles. The van der Waals surface area contributed by atoms with Crippen molar-refractivity contribution in [3.05, 3.63) is 53.3 Å². The van der Waals surface area contributed by atoms with E-state index in [2.05, 4.69) is 0 Å². The summed E-state index contributed by atoms with van der Waals surface area (Å²) in [4.78, 5) is 15.1. The van der Waals surface area contributed by atoms with Crippen LogP contribution < -0.4 is 10.5 Å². The van der Waals surface area contributed by atoms with Crippen LogP contribution in [0, 0.1) is 18.7 Å². The topological polar surface area (TPSA) is 94.2 Å². The van der Waals surface area contributed by atoms with Crippen molar-refractivity contribution in [1.82, 2.24) is 4.90 Å². The summed E-state index contributed by atoms with van der Waals surface area (Å²) in [5, 5.41) is 12.5. The molecule has 0 bridgehead atoms. The van der Waals surface area contributed by atoms with E-state index in [0.717, 1.165) is 24.8 Å². The highest BCUT2D eigenvalue weighted by Crippen LogP contribution is 2.42. The third-order valence-electron chi connectivity index (χ3n) is 7.94. The van der Waals surface area contributed by atoms with E-state index in [0.29, 0.717) is 61.5 Å². The van der Waals surface area contributed by atoms with Crippen LogP contribution in [0.2, 0.25) is 0 Å². The Morgan fingerprint density at radius 1 is 1.24 bits per heavy atom. The third kappa shape index (κ3) is 6.20. The average Bonchev–Trinajstić information content (AvgIpc) is 3.36. The lowest BCUT2D eigenvalue weighted by atomic mass is 9.78. The van der Waals surface area contributed by atoms with Crippen LogP contribution >= 0.6 is 0 Å². The molecule has 1 unspecified atom stereocenters. The molecule has 2 aromatic rings. The van der Waals surface area contributed by atoms with Crippen molar-refractivity contribution in [1.29, 1.82) is 0 Å². The molecule has 1 amide bonds. The van der Waals surface area contributed by atoms with Gasteiger partial charge in [0.2, 0.25) is 5.91 Å². The van der Waals surface area contributed by atoms with E-state index in [1.807, 2.05) is 19.1 Å². The fourth-order valence-corrected chi connectivity index (χ4v) is 5.94. The van der Waals surface area contributed by atoms with Crippen LogP contribution in [0.5, 0.6) is 5.75 Å². The predicted octanol–water partition coefficient (Wildman–Crippen LogP) is 4.17. The number of aryl methyl sites for hydroxylation is 1. The first-order chi connectivity index (χ1) is 18.3. The van der Waals surface area contributed by atoms with Crippen LogP contribution in [0.15, 0.2) is 36.4 Å². The Balaban J connectivity index is 1.72. The number of halogens is 1. The zero-order valence-electron chi connectivity index (χ0n) is 22.7. The number of nitrogens with two attached hydrogens (primary N) is 1. The van der Waals surface area contributed by atoms with Crippen LogP contribution in [0.25, 0.3) is 11.1 Å². The Hall–Kier alpha value is -2.52. The van der Waals surface area contributed by atoms with Crippen LogP contribution in [-0.4, -0.2) is 68.6 Å². The minimum absolute atomic E-state index is 0.0553. The molecule has 7 nitrogen and oxygen atoms in total. The summed E-state index contributed by atoms with van der Waals surface area (Å²) in [7, 11) is 3.22. The first-order valence-electron chi connectivity index (χ1n) is 13.6. The molecule has 0 radical (unpaired) electrons. The molecule has 2 aliphatic rings. The monoisotopic (exact) mass is 528 g/mol. The fraction of sp³-hybridized carbons (Fsp3) is 0.567. The molecule has 3 N–H and O–H groups in total. The zero-order valence-corrected chi connectivity index (χ0v) is 22.7. The van der Waals surface area contributed by atoms with Gasteiger partial charge < -0.3 is 30.0 Å². The highest BCUT2D eigenvalue weighted by atomic mass is 19.1. The summed E-state index contributed by atoms with van der Waals surface area (Å²) >= 11 is 0. The second-order valence-corrected chi connectivity index (χ2v) is 10.7. The van der Waals surface area contributed by atoms with Gasteiger partial charge >= 0.3 is 0 Å². The molecule has 4 atom stereocenters. The highest BCUT2D eigenvalue weighted by molar-refractivity contribution is 5.79. The number of aliphatic hydroxyl groups is 1. The zero-order chi connectivity index (χ0) is 27.3. The smallest absolute Gasteiger partial charge is 0.225 e. The number of hydrogen-bond acceptors (Lipinski definition) is 6. The van der Waals surface area contributed by atoms with Crippen molar-refractivity contribution in [3.8, 4) is 16.9 Å². The minimum atomic E-state index is -1.53. The van der Waals surface area contributed by atoms with Gasteiger partial charge in [-0.05, 0) is 80.3 Å². The van der Waals surface area contributed by atoms with E-state index in [1.165, 1.54) is 6.07 Å². The summed E-state index contributed by atoms with van der Waals surface area (Å²) < 4.78 is 32.4. The van der Waals surface area contributed by atoms with E-state index in [1.54, 1.807) is 37.3 Å². The number of rotatable bonds is 10. The second kappa shape index (κ2) is 12.6. The van der Waals surface area contributed by atoms with Gasteiger partial charge in [0.1, 0.15) is 23.3 Å². The van der Waals surface area contributed by atoms with Crippen LogP contribution in [0.3, 0.4) is 0 Å². The lowest BCUT2D eigenvalue weighted by molar-refractivity contribution is -0.167. The Labute approximate surface area is 225 Å². The van der Waals surface area contributed by atoms with Crippen molar-refractivity contribution in [3.63, 3.8) is 0 Å². The Morgan fingerprint density at radius 3 is 2.76 bits per heavy atom. The largest absolute Gasteiger partial charge is 0.497 e. The van der Waals surface area contributed by atoms with E-state index in [4.69, 9.17) is 19.9 Å². The molecule has 38 heavy (non-hydrogen) atoms. The Kier molecular flexibility index (Phi) is 9.41. The Morgan fingerprint density at radius 2 is 2.05 bits per heavy atom. The maximum atomic E-state index is 15.6. The molecular formula is C30H41FN2O5. The lowest BCUT2D eigenvalue weighted by Crippen LogP contribution is -2.55. The number of nitrogens with zero attached hydrogens (tertiary/aromatic N) is 1. The summed E-state index contributed by atoms with van der Waals surface area (Å²) in [6.45, 7) is 3.48. The molecule has 208 valence electrons. The number of amides is 1. The number of unbranched alkanes of at least 4 members (excludes halogenated alkanes) is 1. The number of morpholine rings is 1. The molecule has 1 heterocycles. The van der Waals surface area contributed by atoms with Gasteiger partial charge in [-0.25, -0.2) is 4.39 Å². The number of carbonyl (C=O) groups excluding carboxylic acids is 1. The van der Waals surface area contributed by atoms with Crippen LogP contribution in [-0.2, 0) is 19.9 Å².